The third-order valence-electron chi connectivity index (χ3n) is 5.43. The van der Waals surface area contributed by atoms with Crippen molar-refractivity contribution < 1.29 is 18.3 Å². The summed E-state index contributed by atoms with van der Waals surface area (Å²) < 4.78 is 34.1. The Balaban J connectivity index is 1.49. The molecule has 1 atom stereocenters. The summed E-state index contributed by atoms with van der Waals surface area (Å²) in [4.78, 5) is 21.0. The number of carbonyl (C=O) groups is 1. The molecule has 2 aliphatic carbocycles. The van der Waals surface area contributed by atoms with Gasteiger partial charge in [-0.15, -0.1) is 0 Å². The molecule has 4 rings (SSSR count). The lowest BCUT2D eigenvalue weighted by Crippen LogP contribution is -2.43. The molecule has 1 N–H and O–H groups in total. The second-order valence-corrected chi connectivity index (χ2v) is 8.65. The quantitative estimate of drug-likeness (QED) is 0.777. The van der Waals surface area contributed by atoms with E-state index in [-0.39, 0.29) is 11.4 Å². The highest BCUT2D eigenvalue weighted by Crippen LogP contribution is 2.35. The lowest BCUT2D eigenvalue weighted by Gasteiger charge is -2.27. The number of allylic oxidation sites excluding steroid dienone is 2. The number of amidine groups is 1. The number of aliphatic imine (C=N–C) groups is 2. The van der Waals surface area contributed by atoms with Gasteiger partial charge in [0.2, 0.25) is 5.91 Å². The van der Waals surface area contributed by atoms with Crippen molar-refractivity contribution in [3.63, 3.8) is 0 Å². The molecule has 4 aliphatic rings. The van der Waals surface area contributed by atoms with E-state index >= 15 is 0 Å². The first-order chi connectivity index (χ1) is 13.1. The van der Waals surface area contributed by atoms with Crippen molar-refractivity contribution in [1.82, 2.24) is 5.32 Å². The van der Waals surface area contributed by atoms with Crippen molar-refractivity contribution in [3.05, 3.63) is 23.4 Å². The molecule has 2 aliphatic heterocycles. The first kappa shape index (κ1) is 18.8. The third kappa shape index (κ3) is 4.16. The highest BCUT2D eigenvalue weighted by molar-refractivity contribution is 8.00. The smallest absolute Gasteiger partial charge is 0.241 e. The van der Waals surface area contributed by atoms with Gasteiger partial charge in [0.05, 0.1) is 17.2 Å². The van der Waals surface area contributed by atoms with Gasteiger partial charge in [0, 0.05) is 25.0 Å². The van der Waals surface area contributed by atoms with Crippen LogP contribution in [-0.2, 0) is 9.53 Å². The molecule has 0 aromatic heterocycles. The molecular weight excluding hydrogens is 372 g/mol. The van der Waals surface area contributed by atoms with Crippen LogP contribution in [0.5, 0.6) is 0 Å². The highest BCUT2D eigenvalue weighted by Gasteiger charge is 2.39. The number of thioether (sulfide) groups is 1. The number of hydrogen-bond acceptors (Lipinski definition) is 5. The zero-order valence-corrected chi connectivity index (χ0v) is 15.9. The molecule has 1 unspecified atom stereocenters. The fourth-order valence-corrected chi connectivity index (χ4v) is 4.59. The van der Waals surface area contributed by atoms with Crippen molar-refractivity contribution in [3.8, 4) is 0 Å². The van der Waals surface area contributed by atoms with Crippen molar-refractivity contribution in [1.29, 1.82) is 0 Å². The largest absolute Gasteiger partial charge is 0.381 e. The molecule has 146 valence electrons. The number of amides is 1. The maximum absolute atomic E-state index is 14.5. The number of carbonyl (C=O) groups excluding carboxylic acids is 1. The minimum atomic E-state index is -1.30. The molecule has 0 aromatic rings. The summed E-state index contributed by atoms with van der Waals surface area (Å²) in [5.41, 5.74) is 0.216. The second-order valence-electron chi connectivity index (χ2n) is 7.36. The van der Waals surface area contributed by atoms with E-state index in [4.69, 9.17) is 4.74 Å². The van der Waals surface area contributed by atoms with Gasteiger partial charge in [-0.3, -0.25) is 9.79 Å². The van der Waals surface area contributed by atoms with E-state index in [1.807, 2.05) is 0 Å². The fraction of sp³-hybridized carbons (Fsp3) is 0.632. The van der Waals surface area contributed by atoms with E-state index in [1.165, 1.54) is 12.5 Å². The van der Waals surface area contributed by atoms with E-state index in [9.17, 15) is 13.6 Å². The zero-order valence-electron chi connectivity index (χ0n) is 15.0. The molecule has 1 amide bonds. The zero-order chi connectivity index (χ0) is 18.8. The maximum Gasteiger partial charge on any atom is 0.241 e. The van der Waals surface area contributed by atoms with E-state index in [0.717, 1.165) is 38.9 Å². The number of hydrogen-bond donors (Lipinski definition) is 1. The van der Waals surface area contributed by atoms with Crippen molar-refractivity contribution >= 4 is 29.2 Å². The molecule has 2 heterocycles. The van der Waals surface area contributed by atoms with Crippen LogP contribution in [0.3, 0.4) is 0 Å². The number of rotatable bonds is 5. The molecule has 27 heavy (non-hydrogen) atoms. The van der Waals surface area contributed by atoms with Gasteiger partial charge in [0.25, 0.3) is 0 Å². The summed E-state index contributed by atoms with van der Waals surface area (Å²) in [5.74, 6) is -2.51. The molecule has 1 saturated carbocycles. The van der Waals surface area contributed by atoms with E-state index in [2.05, 4.69) is 15.3 Å². The Morgan fingerprint density at radius 2 is 2.04 bits per heavy atom. The molecular formula is C19H23F2N3O2S. The molecule has 0 bridgehead atoms. The summed E-state index contributed by atoms with van der Waals surface area (Å²) in [5, 5.41) is 3.09. The lowest BCUT2D eigenvalue weighted by molar-refractivity contribution is -0.122. The van der Waals surface area contributed by atoms with Crippen LogP contribution >= 0.6 is 11.8 Å². The van der Waals surface area contributed by atoms with Gasteiger partial charge in [-0.1, -0.05) is 6.42 Å². The van der Waals surface area contributed by atoms with Crippen LogP contribution in [0.25, 0.3) is 0 Å². The van der Waals surface area contributed by atoms with E-state index in [1.54, 1.807) is 11.8 Å². The number of nitrogens with one attached hydrogen (secondary N) is 1. The first-order valence-corrected chi connectivity index (χ1v) is 10.6. The average molecular weight is 395 g/mol. The van der Waals surface area contributed by atoms with Crippen LogP contribution in [0.4, 0.5) is 8.78 Å². The maximum atomic E-state index is 14.5. The molecule has 0 radical (unpaired) electrons. The molecule has 5 nitrogen and oxygen atoms in total. The summed E-state index contributed by atoms with van der Waals surface area (Å²) in [6.07, 6.45) is 6.70. The van der Waals surface area contributed by atoms with E-state index in [0.29, 0.717) is 29.3 Å². The fourth-order valence-electron chi connectivity index (χ4n) is 3.54. The van der Waals surface area contributed by atoms with Gasteiger partial charge in [0.15, 0.2) is 11.7 Å². The Hall–Kier alpha value is -1.54. The van der Waals surface area contributed by atoms with Crippen molar-refractivity contribution in [2.45, 2.75) is 37.4 Å². The van der Waals surface area contributed by atoms with Crippen LogP contribution in [0, 0.1) is 11.8 Å². The molecule has 8 heteroatoms. The molecule has 1 saturated heterocycles. The SMILES string of the molecule is O=C1NC(CSC2CCOCC2)=NC2=CC(=NCC3CCC3)C(F)=C(F)C12. The number of nitrogens with zero attached hydrogens (tertiary/aromatic N) is 2. The highest BCUT2D eigenvalue weighted by atomic mass is 32.2. The Labute approximate surface area is 161 Å². The Morgan fingerprint density at radius 1 is 1.26 bits per heavy atom. The number of ether oxygens (including phenoxy) is 1. The lowest BCUT2D eigenvalue weighted by atomic mass is 9.85. The van der Waals surface area contributed by atoms with Crippen molar-refractivity contribution in [2.24, 2.45) is 21.8 Å². The predicted octanol–water partition coefficient (Wildman–Crippen LogP) is 3.33. The predicted molar refractivity (Wildman–Crippen MR) is 102 cm³/mol. The van der Waals surface area contributed by atoms with E-state index < -0.39 is 23.5 Å². The molecule has 0 aromatic carbocycles. The van der Waals surface area contributed by atoms with Crippen LogP contribution in [-0.4, -0.2) is 48.2 Å². The van der Waals surface area contributed by atoms with Crippen molar-refractivity contribution in [2.75, 3.05) is 25.5 Å². The van der Waals surface area contributed by atoms with Crippen LogP contribution in [0.1, 0.15) is 32.1 Å². The monoisotopic (exact) mass is 395 g/mol. The normalized spacial score (nSPS) is 28.4. The molecule has 2 fully saturated rings. The molecule has 0 spiro atoms. The average Bonchev–Trinajstić information content (AvgIpc) is 2.63. The second kappa shape index (κ2) is 8.22. The van der Waals surface area contributed by atoms with Crippen LogP contribution in [0.2, 0.25) is 0 Å². The van der Waals surface area contributed by atoms with Crippen LogP contribution in [0.15, 0.2) is 33.4 Å². The topological polar surface area (TPSA) is 63.0 Å². The summed E-state index contributed by atoms with van der Waals surface area (Å²) >= 11 is 1.71. The third-order valence-corrected chi connectivity index (χ3v) is 6.81. The standard InChI is InChI=1S/C19H23F2N3O2S/c20-17-14(22-9-11-2-1-3-11)8-13-16(18(17)21)19(25)24-15(23-13)10-27-12-4-6-26-7-5-12/h8,11-12,16H,1-7,9-10H2,(H,23,24,25). The Bertz CT molecular complexity index is 737. The van der Waals surface area contributed by atoms with Gasteiger partial charge >= 0.3 is 0 Å². The Kier molecular flexibility index (Phi) is 5.73. The van der Waals surface area contributed by atoms with Gasteiger partial charge in [0.1, 0.15) is 11.8 Å². The summed E-state index contributed by atoms with van der Waals surface area (Å²) in [6, 6.07) is 0. The number of halogens is 2. The summed E-state index contributed by atoms with van der Waals surface area (Å²) in [6.45, 7) is 1.99. The Morgan fingerprint density at radius 3 is 2.74 bits per heavy atom. The number of fused-ring (bicyclic) bond motifs is 1. The van der Waals surface area contributed by atoms with Gasteiger partial charge in [-0.25, -0.2) is 13.8 Å². The summed E-state index contributed by atoms with van der Waals surface area (Å²) in [7, 11) is 0. The van der Waals surface area contributed by atoms with Gasteiger partial charge < -0.3 is 10.1 Å². The minimum absolute atomic E-state index is 0.0273. The van der Waals surface area contributed by atoms with Crippen LogP contribution < -0.4 is 5.32 Å². The van der Waals surface area contributed by atoms with Gasteiger partial charge in [-0.05, 0) is 37.7 Å². The minimum Gasteiger partial charge on any atom is -0.381 e. The van der Waals surface area contributed by atoms with Gasteiger partial charge in [-0.2, -0.15) is 11.8 Å². The first-order valence-electron chi connectivity index (χ1n) is 9.51.